The smallest absolute Gasteiger partial charge is 0.220 e. The van der Waals surface area contributed by atoms with Crippen molar-refractivity contribution in [1.82, 2.24) is 10.3 Å². The van der Waals surface area contributed by atoms with Gasteiger partial charge in [0.25, 0.3) is 0 Å². The van der Waals surface area contributed by atoms with Crippen LogP contribution in [-0.2, 0) is 17.8 Å². The summed E-state index contributed by atoms with van der Waals surface area (Å²) in [6.45, 7) is 0.475. The lowest BCUT2D eigenvalue weighted by Gasteiger charge is -2.09. The van der Waals surface area contributed by atoms with Crippen LogP contribution in [0.1, 0.15) is 17.0 Å². The van der Waals surface area contributed by atoms with E-state index in [1.165, 1.54) is 0 Å². The predicted octanol–water partition coefficient (Wildman–Crippen LogP) is 3.55. The number of aryl methyl sites for hydroxylation is 1. The van der Waals surface area contributed by atoms with E-state index in [-0.39, 0.29) is 5.91 Å². The largest absolute Gasteiger partial charge is 0.496 e. The van der Waals surface area contributed by atoms with Crippen molar-refractivity contribution in [2.24, 2.45) is 0 Å². The van der Waals surface area contributed by atoms with Crippen molar-refractivity contribution >= 4 is 27.5 Å². The Morgan fingerprint density at radius 1 is 1.17 bits per heavy atom. The molecule has 1 N–H and O–H groups in total. The molecule has 0 saturated heterocycles. The first kappa shape index (κ1) is 15.5. The van der Waals surface area contributed by atoms with E-state index in [1.807, 2.05) is 42.5 Å². The number of hydrogen-bond acceptors (Lipinski definition) is 4. The summed E-state index contributed by atoms with van der Waals surface area (Å²) in [5.41, 5.74) is 1.98. The van der Waals surface area contributed by atoms with Crippen molar-refractivity contribution in [1.29, 1.82) is 0 Å². The summed E-state index contributed by atoms with van der Waals surface area (Å²) in [5.74, 6) is 0.814. The topological polar surface area (TPSA) is 51.2 Å². The maximum Gasteiger partial charge on any atom is 0.220 e. The zero-order valence-corrected chi connectivity index (χ0v) is 13.7. The average molecular weight is 326 g/mol. The maximum atomic E-state index is 12.0. The minimum absolute atomic E-state index is 0.0233. The number of para-hydroxylation sites is 2. The fraction of sp³-hybridized carbons (Fsp3) is 0.222. The van der Waals surface area contributed by atoms with E-state index in [9.17, 15) is 4.79 Å². The number of amides is 1. The van der Waals surface area contributed by atoms with Gasteiger partial charge in [-0.15, -0.1) is 11.3 Å². The molecule has 0 fully saturated rings. The van der Waals surface area contributed by atoms with Crippen LogP contribution in [0.15, 0.2) is 48.5 Å². The molecule has 23 heavy (non-hydrogen) atoms. The standard InChI is InChI=1S/C18H18N2O2S/c1-22-15-8-4-2-6-13(15)12-19-17(21)10-11-18-20-14-7-3-5-9-16(14)23-18/h2-9H,10-12H2,1H3,(H,19,21). The fourth-order valence-corrected chi connectivity index (χ4v) is 3.35. The lowest BCUT2D eigenvalue weighted by molar-refractivity contribution is -0.121. The minimum atomic E-state index is 0.0233. The fourth-order valence-electron chi connectivity index (χ4n) is 2.38. The van der Waals surface area contributed by atoms with Crippen molar-refractivity contribution in [3.63, 3.8) is 0 Å². The van der Waals surface area contributed by atoms with E-state index >= 15 is 0 Å². The molecular weight excluding hydrogens is 308 g/mol. The number of benzene rings is 2. The maximum absolute atomic E-state index is 12.0. The Kier molecular flexibility index (Phi) is 4.88. The highest BCUT2D eigenvalue weighted by Gasteiger charge is 2.08. The molecule has 0 aliphatic rings. The number of nitrogens with zero attached hydrogens (tertiary/aromatic N) is 1. The first-order valence-electron chi connectivity index (χ1n) is 7.49. The number of fused-ring (bicyclic) bond motifs is 1. The van der Waals surface area contributed by atoms with E-state index in [0.29, 0.717) is 19.4 Å². The number of carbonyl (C=O) groups is 1. The molecule has 3 aromatic rings. The van der Waals surface area contributed by atoms with Crippen LogP contribution in [0.4, 0.5) is 0 Å². The molecule has 0 bridgehead atoms. The third-order valence-corrected chi connectivity index (χ3v) is 4.67. The summed E-state index contributed by atoms with van der Waals surface area (Å²) in [5, 5.41) is 3.93. The molecule has 0 aliphatic heterocycles. The summed E-state index contributed by atoms with van der Waals surface area (Å²) in [6, 6.07) is 15.7. The molecule has 0 unspecified atom stereocenters. The van der Waals surface area contributed by atoms with Crippen LogP contribution in [-0.4, -0.2) is 18.0 Å². The number of hydrogen-bond donors (Lipinski definition) is 1. The third kappa shape index (κ3) is 3.87. The van der Waals surface area contributed by atoms with E-state index in [4.69, 9.17) is 4.74 Å². The Hall–Kier alpha value is -2.40. The lowest BCUT2D eigenvalue weighted by atomic mass is 10.2. The van der Waals surface area contributed by atoms with Gasteiger partial charge in [0.2, 0.25) is 5.91 Å². The number of nitrogens with one attached hydrogen (secondary N) is 1. The van der Waals surface area contributed by atoms with Crippen LogP contribution in [0.2, 0.25) is 0 Å². The zero-order valence-electron chi connectivity index (χ0n) is 12.9. The van der Waals surface area contributed by atoms with E-state index in [2.05, 4.69) is 16.4 Å². The van der Waals surface area contributed by atoms with E-state index < -0.39 is 0 Å². The average Bonchev–Trinajstić information content (AvgIpc) is 3.01. The quantitative estimate of drug-likeness (QED) is 0.753. The summed E-state index contributed by atoms with van der Waals surface area (Å²) in [4.78, 5) is 16.6. The van der Waals surface area contributed by atoms with Gasteiger partial charge in [-0.2, -0.15) is 0 Å². The van der Waals surface area contributed by atoms with Crippen molar-refractivity contribution in [2.45, 2.75) is 19.4 Å². The monoisotopic (exact) mass is 326 g/mol. The molecule has 5 heteroatoms. The number of ether oxygens (including phenoxy) is 1. The van der Waals surface area contributed by atoms with Gasteiger partial charge < -0.3 is 10.1 Å². The van der Waals surface area contributed by atoms with Gasteiger partial charge in [-0.05, 0) is 18.2 Å². The third-order valence-electron chi connectivity index (χ3n) is 3.57. The number of rotatable bonds is 6. The second-order valence-electron chi connectivity index (χ2n) is 5.16. The molecule has 0 atom stereocenters. The van der Waals surface area contributed by atoms with Gasteiger partial charge in [-0.3, -0.25) is 4.79 Å². The normalized spacial score (nSPS) is 10.7. The van der Waals surface area contributed by atoms with Crippen LogP contribution in [0.5, 0.6) is 5.75 Å². The Bertz CT molecular complexity index is 780. The number of aromatic nitrogens is 1. The highest BCUT2D eigenvalue weighted by atomic mass is 32.1. The van der Waals surface area contributed by atoms with Gasteiger partial charge in [0.15, 0.2) is 0 Å². The lowest BCUT2D eigenvalue weighted by Crippen LogP contribution is -2.23. The number of carbonyl (C=O) groups excluding carboxylic acids is 1. The second-order valence-corrected chi connectivity index (χ2v) is 6.28. The van der Waals surface area contributed by atoms with Gasteiger partial charge in [-0.1, -0.05) is 30.3 Å². The Labute approximate surface area is 139 Å². The second kappa shape index (κ2) is 7.24. The van der Waals surface area contributed by atoms with Gasteiger partial charge in [0.05, 0.1) is 22.3 Å². The van der Waals surface area contributed by atoms with Gasteiger partial charge in [-0.25, -0.2) is 4.98 Å². The van der Waals surface area contributed by atoms with Gasteiger partial charge in [0.1, 0.15) is 5.75 Å². The molecule has 0 saturated carbocycles. The predicted molar refractivity (Wildman–Crippen MR) is 92.8 cm³/mol. The molecule has 1 aromatic heterocycles. The molecule has 2 aromatic carbocycles. The van der Waals surface area contributed by atoms with Crippen molar-refractivity contribution in [3.8, 4) is 5.75 Å². The van der Waals surface area contributed by atoms with Crippen LogP contribution in [0, 0.1) is 0 Å². The number of thiazole rings is 1. The molecule has 3 rings (SSSR count). The Morgan fingerprint density at radius 2 is 1.96 bits per heavy atom. The first-order valence-corrected chi connectivity index (χ1v) is 8.31. The molecule has 0 radical (unpaired) electrons. The molecule has 1 heterocycles. The van der Waals surface area contributed by atoms with Crippen LogP contribution in [0.3, 0.4) is 0 Å². The Morgan fingerprint density at radius 3 is 2.78 bits per heavy atom. The SMILES string of the molecule is COc1ccccc1CNC(=O)CCc1nc2ccccc2s1. The highest BCUT2D eigenvalue weighted by molar-refractivity contribution is 7.18. The van der Waals surface area contributed by atoms with Crippen LogP contribution < -0.4 is 10.1 Å². The van der Waals surface area contributed by atoms with E-state index in [1.54, 1.807) is 18.4 Å². The molecule has 4 nitrogen and oxygen atoms in total. The highest BCUT2D eigenvalue weighted by Crippen LogP contribution is 2.22. The van der Waals surface area contributed by atoms with Crippen LogP contribution >= 0.6 is 11.3 Å². The van der Waals surface area contributed by atoms with Gasteiger partial charge in [0, 0.05) is 24.9 Å². The molecular formula is C18H18N2O2S. The summed E-state index contributed by atoms with van der Waals surface area (Å²) < 4.78 is 6.44. The minimum Gasteiger partial charge on any atom is -0.496 e. The van der Waals surface area contributed by atoms with Crippen molar-refractivity contribution in [3.05, 3.63) is 59.1 Å². The molecule has 0 aliphatic carbocycles. The van der Waals surface area contributed by atoms with Gasteiger partial charge >= 0.3 is 0 Å². The van der Waals surface area contributed by atoms with E-state index in [0.717, 1.165) is 26.5 Å². The molecule has 0 spiro atoms. The number of methoxy groups -OCH3 is 1. The Balaban J connectivity index is 1.53. The van der Waals surface area contributed by atoms with Crippen LogP contribution in [0.25, 0.3) is 10.2 Å². The summed E-state index contributed by atoms with van der Waals surface area (Å²) >= 11 is 1.65. The van der Waals surface area contributed by atoms with Crippen molar-refractivity contribution in [2.75, 3.05) is 7.11 Å². The first-order chi connectivity index (χ1) is 11.3. The zero-order chi connectivity index (χ0) is 16.1. The molecule has 1 amide bonds. The summed E-state index contributed by atoms with van der Waals surface area (Å²) in [7, 11) is 1.63. The summed E-state index contributed by atoms with van der Waals surface area (Å²) in [6.07, 6.45) is 1.10. The van der Waals surface area contributed by atoms with Crippen molar-refractivity contribution < 1.29 is 9.53 Å². The molecule has 118 valence electrons.